The molecule has 0 saturated heterocycles. The van der Waals surface area contributed by atoms with Gasteiger partial charge in [-0.05, 0) is 37.6 Å². The number of carboxylic acids is 1. The number of aliphatic carboxylic acids is 1. The Morgan fingerprint density at radius 3 is 2.49 bits per heavy atom. The monoisotopic (exact) mass is 850 g/mol. The van der Waals surface area contributed by atoms with E-state index in [2.05, 4.69) is 62.6 Å². The molecule has 23 heteroatoms. The first-order valence-corrected chi connectivity index (χ1v) is 17.4. The zero-order valence-electron chi connectivity index (χ0n) is 30.7. The van der Waals surface area contributed by atoms with Crippen molar-refractivity contribution in [3.8, 4) is 0 Å². The van der Waals surface area contributed by atoms with E-state index < -0.39 is 40.5 Å². The van der Waals surface area contributed by atoms with E-state index in [0.29, 0.717) is 22.8 Å². The number of fused-ring (bicyclic) bond motifs is 1. The van der Waals surface area contributed by atoms with Gasteiger partial charge in [-0.25, -0.2) is 9.97 Å². The Morgan fingerprint density at radius 2 is 1.78 bits per heavy atom. The quantitative estimate of drug-likeness (QED) is 0.136. The predicted octanol–water partition coefficient (Wildman–Crippen LogP) is 1.69. The standard InChI is InChI=1S/C32H43N13O8.O.Tc/c1-18-31(2,3)44-51-15-14-37-32(4,5)23(43-53-45-52-42-18)12-13-34-28(49)22(10-11-24(46)47)39-27(48)19-6-8-20(9-7-19)35-16-21-17-36-26-25(38-21)29(50)41-30(33)40-26;;/h6-9,17,22,35,45H,10-16H2,1-5H3,(H,34,49)(H,39,48)(H,46,47)(H3,33,36,40,41,50);;/q-2;;+2/b42-18+,43-23+;;. The van der Waals surface area contributed by atoms with Crippen LogP contribution in [0.2, 0.25) is 0 Å². The number of aromatic amines is 1. The molecule has 1 aliphatic heterocycles. The normalized spacial score (nSPS) is 18.1. The van der Waals surface area contributed by atoms with Crippen molar-refractivity contribution in [2.24, 2.45) is 10.3 Å². The summed E-state index contributed by atoms with van der Waals surface area (Å²) >= 11 is 0.900. The third-order valence-electron chi connectivity index (χ3n) is 8.02. The number of H-pyrrole nitrogens is 1. The Bertz CT molecular complexity index is 1910. The topological polar surface area (TPSA) is 315 Å². The molecule has 4 rings (SSSR count). The van der Waals surface area contributed by atoms with Crippen molar-refractivity contribution >= 4 is 52.0 Å². The summed E-state index contributed by atoms with van der Waals surface area (Å²) in [7, 11) is 0. The van der Waals surface area contributed by atoms with Crippen LogP contribution in [0.1, 0.15) is 69.9 Å². The van der Waals surface area contributed by atoms with Gasteiger partial charge in [0, 0.05) is 48.7 Å². The van der Waals surface area contributed by atoms with Crippen molar-refractivity contribution in [1.82, 2.24) is 36.2 Å². The molecule has 1 aliphatic rings. The van der Waals surface area contributed by atoms with Crippen molar-refractivity contribution in [3.05, 3.63) is 62.9 Å². The van der Waals surface area contributed by atoms with Gasteiger partial charge in [0.2, 0.25) is 11.9 Å². The number of hydroxylamine groups is 1. The van der Waals surface area contributed by atoms with E-state index in [-0.39, 0.29) is 68.2 Å². The zero-order valence-corrected chi connectivity index (χ0v) is 32.6. The first-order valence-electron chi connectivity index (χ1n) is 16.7. The number of hydrogen-bond donors (Lipinski definition) is 7. The number of benzene rings is 1. The van der Waals surface area contributed by atoms with Crippen LogP contribution in [0, 0.1) is 0 Å². The maximum absolute atomic E-state index is 13.2. The molecular weight excluding hydrogens is 808 g/mol. The molecule has 0 fully saturated rings. The Kier molecular flexibility index (Phi) is 16.8. The van der Waals surface area contributed by atoms with Gasteiger partial charge in [-0.2, -0.15) is 4.98 Å². The molecule has 1 atom stereocenters. The molecule has 0 aliphatic carbocycles. The van der Waals surface area contributed by atoms with Gasteiger partial charge in [-0.15, -0.1) is 6.54 Å². The van der Waals surface area contributed by atoms with Crippen molar-refractivity contribution in [3.63, 3.8) is 0 Å². The van der Waals surface area contributed by atoms with Gasteiger partial charge >= 0.3 is 28.3 Å². The van der Waals surface area contributed by atoms with E-state index in [4.69, 9.17) is 24.0 Å². The molecule has 8 N–H and O–H groups in total. The number of rotatable bonds is 12. The molecule has 55 heavy (non-hydrogen) atoms. The van der Waals surface area contributed by atoms with E-state index in [1.54, 1.807) is 46.8 Å². The number of amides is 2. The van der Waals surface area contributed by atoms with Gasteiger partial charge in [0.25, 0.3) is 11.5 Å². The van der Waals surface area contributed by atoms with Crippen LogP contribution in [0.3, 0.4) is 0 Å². The molecule has 0 radical (unpaired) electrons. The van der Waals surface area contributed by atoms with E-state index in [9.17, 15) is 24.3 Å². The number of carbonyl (C=O) groups excluding carboxylic acids is 2. The molecule has 1 aromatic carbocycles. The van der Waals surface area contributed by atoms with Crippen molar-refractivity contribution in [1.29, 1.82) is 0 Å². The molecule has 0 bridgehead atoms. The second kappa shape index (κ2) is 20.9. The Hall–Kier alpha value is -5.32. The Morgan fingerprint density at radius 1 is 1.07 bits per heavy atom. The number of carbonyl (C=O) groups is 3. The van der Waals surface area contributed by atoms with Gasteiger partial charge in [-0.1, -0.05) is 49.1 Å². The van der Waals surface area contributed by atoms with Crippen LogP contribution in [-0.4, -0.2) is 91.1 Å². The molecule has 22 nitrogen and oxygen atoms in total. The average molecular weight is 852 g/mol. The number of carboxylic acid groups (broad SMARTS) is 1. The summed E-state index contributed by atoms with van der Waals surface area (Å²) in [6, 6.07) is 5.20. The van der Waals surface area contributed by atoms with E-state index in [1.165, 1.54) is 18.3 Å². The molecule has 3 heterocycles. The maximum atomic E-state index is 13.2. The zero-order chi connectivity index (χ0) is 40.6. The van der Waals surface area contributed by atoms with E-state index in [1.807, 2.05) is 0 Å². The summed E-state index contributed by atoms with van der Waals surface area (Å²) in [6.45, 7) is 9.67. The molecular formula is C32H43N13O9Tc. The fourth-order valence-corrected chi connectivity index (χ4v) is 4.68. The molecule has 1 unspecified atom stereocenters. The fraction of sp³-hybridized carbons (Fsp3) is 0.469. The van der Waals surface area contributed by atoms with Crippen molar-refractivity contribution in [2.75, 3.05) is 30.7 Å². The number of aromatic nitrogens is 4. The summed E-state index contributed by atoms with van der Waals surface area (Å²) in [4.78, 5) is 80.1. The number of nitrogen functional groups attached to an aromatic ring is 1. The average Bonchev–Trinajstić information content (AvgIpc) is 3.14. The van der Waals surface area contributed by atoms with Crippen LogP contribution in [0.15, 0.2) is 45.6 Å². The van der Waals surface area contributed by atoms with Crippen LogP contribution in [0.4, 0.5) is 11.6 Å². The fourth-order valence-electron chi connectivity index (χ4n) is 4.68. The van der Waals surface area contributed by atoms with Crippen LogP contribution in [-0.2, 0) is 53.2 Å². The number of hydrogen-bond acceptors (Lipinski definition) is 16. The summed E-state index contributed by atoms with van der Waals surface area (Å²) in [5.74, 6) is -2.36. The summed E-state index contributed by atoms with van der Waals surface area (Å²) in [5.41, 5.74) is 12.2. The van der Waals surface area contributed by atoms with Crippen molar-refractivity contribution < 1.29 is 56.6 Å². The summed E-state index contributed by atoms with van der Waals surface area (Å²) in [6.07, 6.45) is 1.12. The molecule has 2 aromatic heterocycles. The van der Waals surface area contributed by atoms with Crippen LogP contribution in [0.5, 0.6) is 0 Å². The van der Waals surface area contributed by atoms with Crippen LogP contribution in [0.25, 0.3) is 22.0 Å². The minimum atomic E-state index is -1.16. The van der Waals surface area contributed by atoms with Crippen LogP contribution < -0.4 is 32.9 Å². The molecule has 3 aromatic rings. The molecule has 0 saturated carbocycles. The van der Waals surface area contributed by atoms with Crippen molar-refractivity contribution in [2.45, 2.75) is 77.5 Å². The van der Waals surface area contributed by atoms with Gasteiger partial charge in [0.1, 0.15) is 6.04 Å². The molecule has 297 valence electrons. The second-order valence-electron chi connectivity index (χ2n) is 12.8. The van der Waals surface area contributed by atoms with E-state index in [0.717, 1.165) is 18.9 Å². The number of nitrogens with one attached hydrogen (secondary N) is 5. The van der Waals surface area contributed by atoms with Crippen LogP contribution >= 0.6 is 0 Å². The number of nitrogens with two attached hydrogens (primary N) is 1. The third-order valence-corrected chi connectivity index (χ3v) is 8.02. The van der Waals surface area contributed by atoms with Gasteiger partial charge < -0.3 is 42.4 Å². The van der Waals surface area contributed by atoms with Gasteiger partial charge in [-0.3, -0.25) is 34.0 Å². The molecule has 0 spiro atoms. The first kappa shape index (κ1) is 44.1. The molecule has 2 amide bonds. The Balaban J connectivity index is 0.00000399. The summed E-state index contributed by atoms with van der Waals surface area (Å²) < 4.78 is 8.22. The van der Waals surface area contributed by atoms with E-state index >= 15 is 0 Å². The van der Waals surface area contributed by atoms with Gasteiger partial charge in [0.15, 0.2) is 11.2 Å². The predicted molar refractivity (Wildman–Crippen MR) is 194 cm³/mol. The van der Waals surface area contributed by atoms with Gasteiger partial charge in [0.05, 0.1) is 24.1 Å². The number of nitrogens with zero attached hydrogens (tertiary/aromatic N) is 7. The second-order valence-corrected chi connectivity index (χ2v) is 12.8. The SMILES string of the molecule is C/C1=N\ONO/N=C(\CCNC(=O)C(CCC(=O)O)NC(=O)c2ccc(NCc3cnc4nc(N)[nH]c(=O)c4n3)cc2)C(C)(C)[N-]CCO[N-]C1(C)C.[O]=[Tc+2]. The summed E-state index contributed by atoms with van der Waals surface area (Å²) in [5, 5.41) is 30.4. The Labute approximate surface area is 325 Å². The minimum absolute atomic E-state index is 0.0472. The third kappa shape index (κ3) is 13.8. The number of anilines is 2. The first-order chi connectivity index (χ1) is 26.1. The number of oxime groups is 2.